The first kappa shape index (κ1) is 22.3. The van der Waals surface area contributed by atoms with E-state index in [9.17, 15) is 9.59 Å². The summed E-state index contributed by atoms with van der Waals surface area (Å²) in [6, 6.07) is 15.8. The van der Waals surface area contributed by atoms with Crippen molar-refractivity contribution in [1.82, 2.24) is 14.5 Å². The number of pyridine rings is 1. The summed E-state index contributed by atoms with van der Waals surface area (Å²) in [5.41, 5.74) is 1.92. The van der Waals surface area contributed by atoms with Gasteiger partial charge in [0.25, 0.3) is 0 Å². The van der Waals surface area contributed by atoms with Crippen molar-refractivity contribution in [2.75, 3.05) is 12.4 Å². The van der Waals surface area contributed by atoms with Gasteiger partial charge in [-0.1, -0.05) is 24.3 Å². The molecule has 3 aromatic carbocycles. The number of benzene rings is 3. The predicted molar refractivity (Wildman–Crippen MR) is 140 cm³/mol. The number of ether oxygens (including phenoxy) is 2. The molecule has 8 heteroatoms. The first-order valence-electron chi connectivity index (χ1n) is 11.6. The zero-order valence-electron chi connectivity index (χ0n) is 19.4. The van der Waals surface area contributed by atoms with Crippen molar-refractivity contribution in [2.24, 2.45) is 0 Å². The van der Waals surface area contributed by atoms with E-state index in [1.165, 1.54) is 0 Å². The zero-order chi connectivity index (χ0) is 24.6. The molecule has 7 nitrogen and oxygen atoms in total. The van der Waals surface area contributed by atoms with Gasteiger partial charge in [-0.05, 0) is 42.0 Å². The van der Waals surface area contributed by atoms with Crippen LogP contribution in [-0.2, 0) is 11.2 Å². The van der Waals surface area contributed by atoms with Crippen LogP contribution in [0.15, 0.2) is 83.0 Å². The largest absolute Gasteiger partial charge is 0.462 e. The number of aryl methyl sites for hydroxylation is 1. The van der Waals surface area contributed by atoms with Gasteiger partial charge in [0.05, 0.1) is 23.4 Å². The molecule has 0 saturated carbocycles. The van der Waals surface area contributed by atoms with Crippen LogP contribution in [-0.4, -0.2) is 32.9 Å². The van der Waals surface area contributed by atoms with Crippen molar-refractivity contribution in [3.05, 3.63) is 94.8 Å². The lowest BCUT2D eigenvalue weighted by Gasteiger charge is -2.25. The molecule has 0 spiro atoms. The Balaban J connectivity index is 1.50. The molecular formula is C28H21N3O4S. The molecule has 2 aromatic heterocycles. The summed E-state index contributed by atoms with van der Waals surface area (Å²) >= 11 is 1.59. The molecule has 5 aromatic rings. The number of esters is 1. The molecule has 6 rings (SSSR count). The van der Waals surface area contributed by atoms with E-state index in [0.717, 1.165) is 39.2 Å². The van der Waals surface area contributed by atoms with E-state index in [-0.39, 0.29) is 17.6 Å². The third kappa shape index (κ3) is 3.89. The first-order valence-corrected chi connectivity index (χ1v) is 12.6. The van der Waals surface area contributed by atoms with Crippen LogP contribution in [0.1, 0.15) is 23.0 Å². The van der Waals surface area contributed by atoms with E-state index >= 15 is 0 Å². The summed E-state index contributed by atoms with van der Waals surface area (Å²) in [6.45, 7) is 1.91. The predicted octanol–water partition coefficient (Wildman–Crippen LogP) is 5.55. The number of carbonyl (C=O) groups excluding carboxylic acids is 1. The highest BCUT2D eigenvalue weighted by Crippen LogP contribution is 2.43. The average molecular weight is 496 g/mol. The summed E-state index contributed by atoms with van der Waals surface area (Å²) < 4.78 is 13.4. The van der Waals surface area contributed by atoms with Crippen molar-refractivity contribution in [3.63, 3.8) is 0 Å². The first-order chi connectivity index (χ1) is 17.6. The summed E-state index contributed by atoms with van der Waals surface area (Å²) in [6.07, 6.45) is 7.38. The molecule has 36 heavy (non-hydrogen) atoms. The Morgan fingerprint density at radius 3 is 2.69 bits per heavy atom. The molecule has 0 saturated heterocycles. The van der Waals surface area contributed by atoms with Gasteiger partial charge in [-0.3, -0.25) is 14.8 Å². The van der Waals surface area contributed by atoms with E-state index in [1.54, 1.807) is 43.5 Å². The molecule has 0 fully saturated rings. The van der Waals surface area contributed by atoms with E-state index in [2.05, 4.69) is 9.97 Å². The fraction of sp³-hybridized carbons (Fsp3) is 0.143. The number of carbonyl (C=O) groups is 1. The van der Waals surface area contributed by atoms with Crippen LogP contribution in [0.25, 0.3) is 27.4 Å². The van der Waals surface area contributed by atoms with Gasteiger partial charge in [-0.15, -0.1) is 11.8 Å². The summed E-state index contributed by atoms with van der Waals surface area (Å²) in [4.78, 5) is 35.5. The topological polar surface area (TPSA) is 83.3 Å². The van der Waals surface area contributed by atoms with Crippen LogP contribution in [0, 0.1) is 0 Å². The Morgan fingerprint density at radius 1 is 1.08 bits per heavy atom. The van der Waals surface area contributed by atoms with Crippen molar-refractivity contribution in [1.29, 1.82) is 0 Å². The molecule has 0 unspecified atom stereocenters. The summed E-state index contributed by atoms with van der Waals surface area (Å²) in [7, 11) is 0. The molecule has 0 bridgehead atoms. The molecule has 3 heterocycles. The molecule has 1 aliphatic rings. The van der Waals surface area contributed by atoms with Gasteiger partial charge >= 0.3 is 5.97 Å². The SMILES string of the molecule is CCOC(=O)c1cn2c3c(cc(SCCc4cnccn4)cc3c1=O)Oc1cc3ccccc3cc1-2. The molecule has 1 aliphatic heterocycles. The fourth-order valence-corrected chi connectivity index (χ4v) is 5.37. The van der Waals surface area contributed by atoms with Crippen molar-refractivity contribution in [2.45, 2.75) is 18.2 Å². The minimum atomic E-state index is -0.635. The van der Waals surface area contributed by atoms with Crippen molar-refractivity contribution >= 4 is 39.4 Å². The lowest BCUT2D eigenvalue weighted by molar-refractivity contribution is 0.0524. The van der Waals surface area contributed by atoms with Crippen LogP contribution in [0.5, 0.6) is 11.5 Å². The smallest absolute Gasteiger partial charge is 0.343 e. The van der Waals surface area contributed by atoms with Crippen LogP contribution < -0.4 is 10.2 Å². The molecule has 0 radical (unpaired) electrons. The average Bonchev–Trinajstić information content (AvgIpc) is 2.89. The van der Waals surface area contributed by atoms with Crippen LogP contribution in [0.4, 0.5) is 0 Å². The maximum Gasteiger partial charge on any atom is 0.343 e. The van der Waals surface area contributed by atoms with Gasteiger partial charge in [0.2, 0.25) is 5.43 Å². The molecular weight excluding hydrogens is 474 g/mol. The van der Waals surface area contributed by atoms with E-state index in [4.69, 9.17) is 9.47 Å². The van der Waals surface area contributed by atoms with Gasteiger partial charge in [0, 0.05) is 41.9 Å². The quantitative estimate of drug-likeness (QED) is 0.221. The van der Waals surface area contributed by atoms with Crippen molar-refractivity contribution < 1.29 is 14.3 Å². The molecule has 178 valence electrons. The Morgan fingerprint density at radius 2 is 1.92 bits per heavy atom. The summed E-state index contributed by atoms with van der Waals surface area (Å²) in [5, 5.41) is 2.49. The number of nitrogens with zero attached hydrogens (tertiary/aromatic N) is 3. The Hall–Kier alpha value is -4.17. The normalized spacial score (nSPS) is 11.8. The van der Waals surface area contributed by atoms with Gasteiger partial charge in [0.15, 0.2) is 11.5 Å². The van der Waals surface area contributed by atoms with Gasteiger partial charge in [0.1, 0.15) is 11.1 Å². The van der Waals surface area contributed by atoms with E-state index in [0.29, 0.717) is 22.4 Å². The Kier molecular flexibility index (Phi) is 5.65. The molecule has 0 amide bonds. The number of hydrogen-bond donors (Lipinski definition) is 0. The maximum atomic E-state index is 13.5. The third-order valence-corrected chi connectivity index (χ3v) is 7.06. The molecule has 0 atom stereocenters. The monoisotopic (exact) mass is 495 g/mol. The third-order valence-electron chi connectivity index (χ3n) is 6.08. The van der Waals surface area contributed by atoms with E-state index < -0.39 is 5.97 Å². The van der Waals surface area contributed by atoms with Crippen LogP contribution in [0.2, 0.25) is 0 Å². The molecule has 0 aliphatic carbocycles. The Labute approximate surface area is 210 Å². The summed E-state index contributed by atoms with van der Waals surface area (Å²) in [5.74, 6) is 1.34. The second-order valence-corrected chi connectivity index (χ2v) is 9.51. The maximum absolute atomic E-state index is 13.5. The number of hydrogen-bond acceptors (Lipinski definition) is 7. The number of rotatable bonds is 6. The Bertz CT molecular complexity index is 1700. The minimum Gasteiger partial charge on any atom is -0.462 e. The van der Waals surface area contributed by atoms with Crippen LogP contribution in [0.3, 0.4) is 0 Å². The highest BCUT2D eigenvalue weighted by molar-refractivity contribution is 7.99. The zero-order valence-corrected chi connectivity index (χ0v) is 20.2. The number of fused-ring (bicyclic) bond motifs is 3. The fourth-order valence-electron chi connectivity index (χ4n) is 4.44. The second-order valence-electron chi connectivity index (χ2n) is 8.34. The highest BCUT2D eigenvalue weighted by atomic mass is 32.2. The van der Waals surface area contributed by atoms with E-state index in [1.807, 2.05) is 53.1 Å². The second kappa shape index (κ2) is 9.13. The van der Waals surface area contributed by atoms with Crippen LogP contribution >= 0.6 is 11.8 Å². The van der Waals surface area contributed by atoms with Gasteiger partial charge in [-0.25, -0.2) is 4.79 Å². The minimum absolute atomic E-state index is 0.00183. The van der Waals surface area contributed by atoms with Crippen molar-refractivity contribution in [3.8, 4) is 17.2 Å². The highest BCUT2D eigenvalue weighted by Gasteiger charge is 2.26. The number of thioether (sulfide) groups is 1. The lowest BCUT2D eigenvalue weighted by Crippen LogP contribution is -2.22. The molecule has 0 N–H and O–H groups in total. The van der Waals surface area contributed by atoms with Gasteiger partial charge in [-0.2, -0.15) is 0 Å². The standard InChI is InChI=1S/C28H21N3O4S/c1-2-34-28(33)22-16-31-23-11-17-5-3-4-6-18(17)12-24(23)35-25-14-20(13-21(26(25)31)27(22)32)36-10-7-19-15-29-8-9-30-19/h3-6,8-9,11-16H,2,7,10H2,1H3. The van der Waals surface area contributed by atoms with Gasteiger partial charge < -0.3 is 14.0 Å². The number of aromatic nitrogens is 3. The lowest BCUT2D eigenvalue weighted by atomic mass is 10.1.